The summed E-state index contributed by atoms with van der Waals surface area (Å²) in [6.07, 6.45) is 3.30. The Hall–Kier alpha value is -1.61. The van der Waals surface area contributed by atoms with Crippen LogP contribution in [0.3, 0.4) is 0 Å². The van der Waals surface area contributed by atoms with E-state index in [4.69, 9.17) is 9.47 Å². The van der Waals surface area contributed by atoms with Crippen LogP contribution in [0, 0.1) is 30.1 Å². The molecule has 8 atom stereocenters. The summed E-state index contributed by atoms with van der Waals surface area (Å²) in [6.45, 7) is 15.0. The smallest absolute Gasteiger partial charge is 0.312 e. The van der Waals surface area contributed by atoms with E-state index in [-0.39, 0.29) is 23.4 Å². The van der Waals surface area contributed by atoms with E-state index in [0.29, 0.717) is 19.3 Å². The van der Waals surface area contributed by atoms with Crippen LogP contribution in [-0.4, -0.2) is 57.0 Å². The summed E-state index contributed by atoms with van der Waals surface area (Å²) in [4.78, 5) is 31.7. The third-order valence-electron chi connectivity index (χ3n) is 8.74. The molecule has 7 nitrogen and oxygen atoms in total. The van der Waals surface area contributed by atoms with Gasteiger partial charge in [0, 0.05) is 17.7 Å². The van der Waals surface area contributed by atoms with Crippen molar-refractivity contribution in [1.82, 2.24) is 4.98 Å². The van der Waals surface area contributed by atoms with Crippen LogP contribution in [0.5, 0.6) is 0 Å². The number of esters is 1. The summed E-state index contributed by atoms with van der Waals surface area (Å²) >= 11 is 1.57. The number of ketones is 1. The average molecular weight is 550 g/mol. The van der Waals surface area contributed by atoms with Crippen molar-refractivity contribution in [3.05, 3.63) is 21.7 Å². The van der Waals surface area contributed by atoms with E-state index in [1.807, 2.05) is 39.2 Å². The maximum absolute atomic E-state index is 13.6. The molecule has 0 spiro atoms. The van der Waals surface area contributed by atoms with Crippen LogP contribution in [0.15, 0.2) is 11.0 Å². The number of rotatable bonds is 4. The van der Waals surface area contributed by atoms with Crippen molar-refractivity contribution in [3.8, 4) is 0 Å². The Labute approximate surface area is 232 Å². The van der Waals surface area contributed by atoms with Gasteiger partial charge in [-0.05, 0) is 57.6 Å². The Morgan fingerprint density at radius 3 is 2.53 bits per heavy atom. The van der Waals surface area contributed by atoms with Gasteiger partial charge in [-0.2, -0.15) is 0 Å². The summed E-state index contributed by atoms with van der Waals surface area (Å²) in [5.41, 5.74) is 0.154. The first-order chi connectivity index (χ1) is 17.7. The van der Waals surface area contributed by atoms with Crippen molar-refractivity contribution in [2.45, 2.75) is 124 Å². The molecule has 2 N–H and O–H groups in total. The lowest BCUT2D eigenvalue weighted by Crippen LogP contribution is -2.49. The molecule has 2 fully saturated rings. The Morgan fingerprint density at radius 1 is 1.24 bits per heavy atom. The summed E-state index contributed by atoms with van der Waals surface area (Å²) in [5.74, 6) is -2.36. The molecule has 0 aliphatic carbocycles. The number of thiazole rings is 1. The molecular weight excluding hydrogens is 502 g/mol. The number of aromatic nitrogens is 1. The van der Waals surface area contributed by atoms with Crippen LogP contribution < -0.4 is 0 Å². The highest BCUT2D eigenvalue weighted by Gasteiger charge is 2.53. The van der Waals surface area contributed by atoms with E-state index in [2.05, 4.69) is 11.9 Å². The van der Waals surface area contributed by atoms with Crippen LogP contribution in [0.2, 0.25) is 0 Å². The third kappa shape index (κ3) is 6.93. The molecule has 2 aliphatic heterocycles. The number of aliphatic hydroxyl groups is 2. The van der Waals surface area contributed by atoms with E-state index in [9.17, 15) is 19.8 Å². The lowest BCUT2D eigenvalue weighted by atomic mass is 9.70. The number of carbonyl (C=O) groups excluding carboxylic acids is 2. The van der Waals surface area contributed by atoms with Crippen LogP contribution in [0.1, 0.15) is 97.7 Å². The van der Waals surface area contributed by atoms with Crippen molar-refractivity contribution in [1.29, 1.82) is 0 Å². The second-order valence-corrected chi connectivity index (χ2v) is 13.4. The molecule has 38 heavy (non-hydrogen) atoms. The fraction of sp³-hybridized carbons (Fsp3) is 0.767. The topological polar surface area (TPSA) is 109 Å². The molecule has 0 amide bonds. The molecule has 1 aromatic rings. The standard InChI is InChI=1S/C30H47NO6S/c1-9-11-22-27(34)29(6,7)26(33)19(4)25(32)17(2)12-10-13-30(8)24(37-30)15-23(36-28(22)35)18(3)14-21-16-38-20(5)31-21/h14,16-17,19,22-25,27,32,34H,9-13,15H2,1-8H3/b18-14+/t17-,19+,22?,23-,24-,25-,27?,30?/m0/s1. The minimum Gasteiger partial charge on any atom is -0.457 e. The molecule has 0 saturated carbocycles. The van der Waals surface area contributed by atoms with Crippen molar-refractivity contribution in [2.24, 2.45) is 23.2 Å². The van der Waals surface area contributed by atoms with Gasteiger partial charge in [0.15, 0.2) is 0 Å². The van der Waals surface area contributed by atoms with Gasteiger partial charge in [-0.15, -0.1) is 11.3 Å². The molecule has 3 unspecified atom stereocenters. The number of Topliss-reactive ketones (excluding diaryl/α,β-unsaturated/α-hetero) is 1. The molecule has 3 heterocycles. The first-order valence-corrected chi connectivity index (χ1v) is 15.0. The van der Waals surface area contributed by atoms with Crippen molar-refractivity contribution in [2.75, 3.05) is 0 Å². The zero-order chi connectivity index (χ0) is 28.4. The van der Waals surface area contributed by atoms with E-state index in [1.165, 1.54) is 0 Å². The Bertz CT molecular complexity index is 1020. The summed E-state index contributed by atoms with van der Waals surface area (Å²) in [6, 6.07) is 0. The quantitative estimate of drug-likeness (QED) is 0.377. The van der Waals surface area contributed by atoms with E-state index in [1.54, 1.807) is 32.1 Å². The molecule has 2 saturated heterocycles. The van der Waals surface area contributed by atoms with Gasteiger partial charge in [-0.3, -0.25) is 9.59 Å². The molecule has 2 aliphatic rings. The lowest BCUT2D eigenvalue weighted by molar-refractivity contribution is -0.163. The molecular formula is C30H47NO6S. The predicted molar refractivity (Wildman–Crippen MR) is 150 cm³/mol. The van der Waals surface area contributed by atoms with E-state index >= 15 is 0 Å². The van der Waals surface area contributed by atoms with Gasteiger partial charge in [-0.25, -0.2) is 4.98 Å². The Morgan fingerprint density at radius 2 is 1.92 bits per heavy atom. The highest BCUT2D eigenvalue weighted by Crippen LogP contribution is 2.45. The fourth-order valence-corrected chi connectivity index (χ4v) is 6.44. The summed E-state index contributed by atoms with van der Waals surface area (Å²) < 4.78 is 12.3. The van der Waals surface area contributed by atoms with Crippen molar-refractivity contribution >= 4 is 29.2 Å². The number of cyclic esters (lactones) is 1. The monoisotopic (exact) mass is 549 g/mol. The van der Waals surface area contributed by atoms with Gasteiger partial charge in [-0.1, -0.05) is 47.5 Å². The third-order valence-corrected chi connectivity index (χ3v) is 9.53. The molecule has 3 rings (SSSR count). The van der Waals surface area contributed by atoms with Gasteiger partial charge < -0.3 is 19.7 Å². The first-order valence-electron chi connectivity index (χ1n) is 14.1. The molecule has 8 heteroatoms. The SMILES string of the molecule is CCCC1C(=O)O[C@H](/C(C)=C/c2csc(C)n2)C[C@@H]2OC2(C)CCC[C@H](C)[C@H](O)[C@@H](C)C(=O)C(C)(C)C1O. The van der Waals surface area contributed by atoms with Crippen LogP contribution >= 0.6 is 11.3 Å². The number of epoxide rings is 1. The maximum atomic E-state index is 13.6. The van der Waals surface area contributed by atoms with Gasteiger partial charge in [0.25, 0.3) is 0 Å². The predicted octanol–water partition coefficient (Wildman–Crippen LogP) is 5.50. The number of fused-ring (bicyclic) bond motifs is 1. The molecule has 214 valence electrons. The average Bonchev–Trinajstić information content (AvgIpc) is 3.30. The van der Waals surface area contributed by atoms with Crippen molar-refractivity contribution in [3.63, 3.8) is 0 Å². The van der Waals surface area contributed by atoms with Gasteiger partial charge in [0.1, 0.15) is 11.9 Å². The number of aliphatic hydroxyl groups excluding tert-OH is 2. The number of hydrogen-bond acceptors (Lipinski definition) is 8. The fourth-order valence-electron chi connectivity index (χ4n) is 5.87. The molecule has 1 aromatic heterocycles. The molecule has 0 aromatic carbocycles. The number of hydrogen-bond donors (Lipinski definition) is 2. The first kappa shape index (κ1) is 30.9. The van der Waals surface area contributed by atoms with Crippen molar-refractivity contribution < 1.29 is 29.3 Å². The number of aryl methyl sites for hydroxylation is 1. The normalized spacial score (nSPS) is 37.4. The number of ether oxygens (including phenoxy) is 2. The Balaban J connectivity index is 1.96. The minimum absolute atomic E-state index is 0.0551. The highest BCUT2D eigenvalue weighted by molar-refractivity contribution is 7.09. The zero-order valence-corrected chi connectivity index (χ0v) is 25.1. The van der Waals surface area contributed by atoms with Gasteiger partial charge >= 0.3 is 5.97 Å². The van der Waals surface area contributed by atoms with E-state index < -0.39 is 41.5 Å². The second kappa shape index (κ2) is 12.3. The van der Waals surface area contributed by atoms with E-state index in [0.717, 1.165) is 35.5 Å². The molecule has 0 radical (unpaired) electrons. The maximum Gasteiger partial charge on any atom is 0.312 e. The largest absolute Gasteiger partial charge is 0.457 e. The lowest BCUT2D eigenvalue weighted by Gasteiger charge is -2.37. The van der Waals surface area contributed by atoms with Gasteiger partial charge in [0.05, 0.1) is 45.9 Å². The zero-order valence-electron chi connectivity index (χ0n) is 24.3. The van der Waals surface area contributed by atoms with Crippen LogP contribution in [0.4, 0.5) is 0 Å². The Kier molecular flexibility index (Phi) is 9.99. The minimum atomic E-state index is -1.24. The van der Waals surface area contributed by atoms with Crippen LogP contribution in [0.25, 0.3) is 6.08 Å². The summed E-state index contributed by atoms with van der Waals surface area (Å²) in [7, 11) is 0. The molecule has 0 bridgehead atoms. The summed E-state index contributed by atoms with van der Waals surface area (Å²) in [5, 5.41) is 25.4. The number of nitrogens with zero attached hydrogens (tertiary/aromatic N) is 1. The highest BCUT2D eigenvalue weighted by atomic mass is 32.1. The number of carbonyl (C=O) groups is 2. The van der Waals surface area contributed by atoms with Crippen LogP contribution in [-0.2, 0) is 19.1 Å². The second-order valence-electron chi connectivity index (χ2n) is 12.3. The van der Waals surface area contributed by atoms with Gasteiger partial charge in [0.2, 0.25) is 0 Å².